The second-order valence-corrected chi connectivity index (χ2v) is 8.47. The molecule has 6 rings (SSSR count). The molecule has 34 heavy (non-hydrogen) atoms. The molecule has 1 aliphatic carbocycles. The van der Waals surface area contributed by atoms with Gasteiger partial charge in [0.05, 0.1) is 19.5 Å². The summed E-state index contributed by atoms with van der Waals surface area (Å²) >= 11 is 0. The maximum Gasteiger partial charge on any atom is 0.274 e. The molecule has 0 spiro atoms. The van der Waals surface area contributed by atoms with Crippen molar-refractivity contribution in [1.82, 2.24) is 28.7 Å². The lowest BCUT2D eigenvalue weighted by atomic mass is 10.2. The zero-order valence-corrected chi connectivity index (χ0v) is 19.0. The number of nitrogens with one attached hydrogen (secondary N) is 1. The number of rotatable bonds is 6. The Morgan fingerprint density at radius 3 is 2.79 bits per heavy atom. The summed E-state index contributed by atoms with van der Waals surface area (Å²) < 4.78 is 17.0. The number of nitrogens with zero attached hydrogens (tertiary/aromatic N) is 6. The SMILES string of the molecule is COc1c(Oc2cnn3ccccc23)cnc2nc(Nc3cc(C4CC4)cn(C)c3=O)n(C)c12. The number of hydrogen-bond donors (Lipinski definition) is 1. The van der Waals surface area contributed by atoms with Gasteiger partial charge < -0.3 is 23.9 Å². The summed E-state index contributed by atoms with van der Waals surface area (Å²) in [5.41, 5.74) is 3.46. The molecule has 0 aliphatic heterocycles. The summed E-state index contributed by atoms with van der Waals surface area (Å²) in [5, 5.41) is 7.51. The molecule has 5 aromatic heterocycles. The molecule has 10 nitrogen and oxygen atoms in total. The van der Waals surface area contributed by atoms with Crippen LogP contribution in [0, 0.1) is 0 Å². The van der Waals surface area contributed by atoms with Crippen LogP contribution >= 0.6 is 0 Å². The van der Waals surface area contributed by atoms with E-state index < -0.39 is 0 Å². The van der Waals surface area contributed by atoms with Gasteiger partial charge in [0.1, 0.15) is 16.7 Å². The molecular formula is C24H23N7O3. The highest BCUT2D eigenvalue weighted by Crippen LogP contribution is 2.41. The summed E-state index contributed by atoms with van der Waals surface area (Å²) in [6.45, 7) is 0. The Morgan fingerprint density at radius 1 is 1.15 bits per heavy atom. The molecular weight excluding hydrogens is 434 g/mol. The molecule has 5 aromatic rings. The molecule has 1 fully saturated rings. The Morgan fingerprint density at radius 2 is 2.00 bits per heavy atom. The monoisotopic (exact) mass is 457 g/mol. The van der Waals surface area contributed by atoms with Crippen LogP contribution in [0.15, 0.2) is 53.8 Å². The number of anilines is 2. The van der Waals surface area contributed by atoms with Crippen LogP contribution in [0.4, 0.5) is 11.6 Å². The smallest absolute Gasteiger partial charge is 0.274 e. The zero-order valence-electron chi connectivity index (χ0n) is 19.0. The summed E-state index contributed by atoms with van der Waals surface area (Å²) in [4.78, 5) is 21.8. The number of ether oxygens (including phenoxy) is 2. The van der Waals surface area contributed by atoms with Crippen LogP contribution in [-0.2, 0) is 14.1 Å². The molecule has 1 N–H and O–H groups in total. The van der Waals surface area contributed by atoms with Crippen molar-refractivity contribution in [3.63, 3.8) is 0 Å². The Hall–Kier alpha value is -4.34. The second kappa shape index (κ2) is 7.62. The van der Waals surface area contributed by atoms with Crippen molar-refractivity contribution in [3.8, 4) is 17.2 Å². The first kappa shape index (κ1) is 20.3. The summed E-state index contributed by atoms with van der Waals surface area (Å²) in [5.74, 6) is 2.52. The first-order valence-corrected chi connectivity index (χ1v) is 11.0. The van der Waals surface area contributed by atoms with E-state index in [4.69, 9.17) is 9.47 Å². The molecule has 1 saturated carbocycles. The molecule has 0 radical (unpaired) electrons. The zero-order chi connectivity index (χ0) is 23.4. The molecule has 1 aliphatic rings. The first-order valence-electron chi connectivity index (χ1n) is 11.0. The molecule has 0 amide bonds. The topological polar surface area (TPSA) is 100 Å². The van der Waals surface area contributed by atoms with Gasteiger partial charge in [-0.2, -0.15) is 10.1 Å². The number of aromatic nitrogens is 6. The van der Waals surface area contributed by atoms with Gasteiger partial charge in [-0.1, -0.05) is 6.07 Å². The van der Waals surface area contributed by atoms with E-state index in [1.54, 1.807) is 35.6 Å². The Balaban J connectivity index is 1.40. The number of pyridine rings is 3. The van der Waals surface area contributed by atoms with Crippen molar-refractivity contribution in [1.29, 1.82) is 0 Å². The summed E-state index contributed by atoms with van der Waals surface area (Å²) in [6.07, 6.45) is 9.30. The molecule has 172 valence electrons. The molecule has 0 aromatic carbocycles. The fourth-order valence-electron chi connectivity index (χ4n) is 4.20. The van der Waals surface area contributed by atoms with E-state index in [9.17, 15) is 4.79 Å². The highest BCUT2D eigenvalue weighted by Gasteiger charge is 2.25. The van der Waals surface area contributed by atoms with E-state index in [2.05, 4.69) is 20.4 Å². The van der Waals surface area contributed by atoms with E-state index in [-0.39, 0.29) is 5.56 Å². The van der Waals surface area contributed by atoms with Crippen LogP contribution in [0.25, 0.3) is 16.7 Å². The van der Waals surface area contributed by atoms with Gasteiger partial charge >= 0.3 is 0 Å². The number of methoxy groups -OCH3 is 1. The van der Waals surface area contributed by atoms with Crippen molar-refractivity contribution in [2.45, 2.75) is 18.8 Å². The Labute approximate surface area is 194 Å². The standard InChI is InChI=1S/C24H23N7O3/c1-29-13-15(14-7-8-14)10-16(23(29)32)27-24-28-22-20(30(24)2)21(33-3)19(11-25-22)34-18-12-26-31-9-5-4-6-17(18)31/h4-6,9-14H,7-8H2,1-3H3,(H,25,27,28). The lowest BCUT2D eigenvalue weighted by Crippen LogP contribution is -2.20. The van der Waals surface area contributed by atoms with Crippen LogP contribution in [-0.4, -0.2) is 35.8 Å². The molecule has 0 bridgehead atoms. The van der Waals surface area contributed by atoms with E-state index >= 15 is 0 Å². The number of imidazole rings is 1. The van der Waals surface area contributed by atoms with E-state index in [1.807, 2.05) is 48.3 Å². The van der Waals surface area contributed by atoms with Gasteiger partial charge in [-0.15, -0.1) is 0 Å². The Bertz CT molecular complexity index is 1610. The van der Waals surface area contributed by atoms with Crippen LogP contribution in [0.5, 0.6) is 17.2 Å². The lowest BCUT2D eigenvalue weighted by Gasteiger charge is -2.12. The average Bonchev–Trinajstić information content (AvgIpc) is 3.55. The van der Waals surface area contributed by atoms with E-state index in [1.165, 1.54) is 0 Å². The van der Waals surface area contributed by atoms with Gasteiger partial charge in [0, 0.05) is 26.5 Å². The van der Waals surface area contributed by atoms with Crippen LogP contribution in [0.3, 0.4) is 0 Å². The largest absolute Gasteiger partial charge is 0.491 e. The maximum atomic E-state index is 12.8. The lowest BCUT2D eigenvalue weighted by molar-refractivity contribution is 0.382. The fourth-order valence-corrected chi connectivity index (χ4v) is 4.20. The third-order valence-electron chi connectivity index (χ3n) is 6.13. The quantitative estimate of drug-likeness (QED) is 0.415. The molecule has 10 heteroatoms. The molecule has 0 atom stereocenters. The van der Waals surface area contributed by atoms with Crippen molar-refractivity contribution < 1.29 is 9.47 Å². The minimum absolute atomic E-state index is 0.117. The molecule has 5 heterocycles. The highest BCUT2D eigenvalue weighted by atomic mass is 16.5. The normalized spacial score (nSPS) is 13.5. The van der Waals surface area contributed by atoms with Crippen LogP contribution in [0.2, 0.25) is 0 Å². The number of hydrogen-bond acceptors (Lipinski definition) is 7. The van der Waals surface area contributed by atoms with Crippen molar-refractivity contribution in [2.24, 2.45) is 14.1 Å². The minimum Gasteiger partial charge on any atom is -0.491 e. The van der Waals surface area contributed by atoms with Gasteiger partial charge in [-0.3, -0.25) is 4.79 Å². The predicted molar refractivity (Wildman–Crippen MR) is 127 cm³/mol. The van der Waals surface area contributed by atoms with Crippen LogP contribution < -0.4 is 20.3 Å². The first-order chi connectivity index (χ1) is 16.5. The average molecular weight is 457 g/mol. The number of aryl methyl sites for hydroxylation is 2. The van der Waals surface area contributed by atoms with Gasteiger partial charge in [0.2, 0.25) is 5.95 Å². The predicted octanol–water partition coefficient (Wildman–Crippen LogP) is 3.74. The maximum absolute atomic E-state index is 12.8. The van der Waals surface area contributed by atoms with E-state index in [0.717, 1.165) is 23.9 Å². The van der Waals surface area contributed by atoms with Gasteiger partial charge in [-0.25, -0.2) is 9.50 Å². The Kier molecular flexibility index (Phi) is 4.54. The summed E-state index contributed by atoms with van der Waals surface area (Å²) in [6, 6.07) is 7.66. The van der Waals surface area contributed by atoms with Crippen molar-refractivity contribution in [3.05, 3.63) is 65.0 Å². The third-order valence-corrected chi connectivity index (χ3v) is 6.13. The highest BCUT2D eigenvalue weighted by molar-refractivity contribution is 5.85. The fraction of sp³-hybridized carbons (Fsp3) is 0.250. The minimum atomic E-state index is -0.117. The van der Waals surface area contributed by atoms with Crippen molar-refractivity contribution >= 4 is 28.3 Å². The van der Waals surface area contributed by atoms with Crippen molar-refractivity contribution in [2.75, 3.05) is 12.4 Å². The van der Waals surface area contributed by atoms with Gasteiger partial charge in [-0.05, 0) is 42.5 Å². The van der Waals surface area contributed by atoms with Gasteiger partial charge in [0.25, 0.3) is 5.56 Å². The second-order valence-electron chi connectivity index (χ2n) is 8.47. The van der Waals surface area contributed by atoms with Gasteiger partial charge in [0.15, 0.2) is 22.9 Å². The molecule has 0 saturated heterocycles. The number of fused-ring (bicyclic) bond motifs is 2. The third kappa shape index (κ3) is 3.26. The van der Waals surface area contributed by atoms with E-state index in [0.29, 0.717) is 46.0 Å². The summed E-state index contributed by atoms with van der Waals surface area (Å²) in [7, 11) is 5.19. The van der Waals surface area contributed by atoms with Crippen LogP contribution in [0.1, 0.15) is 24.3 Å². The molecule has 0 unspecified atom stereocenters.